The molecule has 3 rings (SSSR count). The molecule has 1 aromatic heterocycles. The Morgan fingerprint density at radius 1 is 1.50 bits per heavy atom. The standard InChI is InChI=1S/C14H20N4O2/c1-9-17-14(20-18-9)8-16-13(19)6-10-7-15-12-5-3-2-4-11(10)12/h7,11-12,15H,2-6,8H2,1H3,(H,16,19). The monoisotopic (exact) mass is 276 g/mol. The zero-order valence-electron chi connectivity index (χ0n) is 11.7. The van der Waals surface area contributed by atoms with Crippen molar-refractivity contribution in [3.05, 3.63) is 23.5 Å². The number of nitrogens with one attached hydrogen (secondary N) is 2. The SMILES string of the molecule is Cc1noc(CNC(=O)CC2=CNC3CCCCC23)n1. The molecule has 2 unspecified atom stereocenters. The predicted octanol–water partition coefficient (Wildman–Crippen LogP) is 1.43. The number of aryl methyl sites for hydroxylation is 1. The number of carbonyl (C=O) groups is 1. The Morgan fingerprint density at radius 2 is 2.35 bits per heavy atom. The highest BCUT2D eigenvalue weighted by molar-refractivity contribution is 5.78. The van der Waals surface area contributed by atoms with Gasteiger partial charge in [-0.25, -0.2) is 0 Å². The first-order valence-electron chi connectivity index (χ1n) is 7.23. The molecule has 0 saturated heterocycles. The van der Waals surface area contributed by atoms with Gasteiger partial charge in [0.2, 0.25) is 11.8 Å². The van der Waals surface area contributed by atoms with Crippen LogP contribution >= 0.6 is 0 Å². The average Bonchev–Trinajstić information content (AvgIpc) is 3.04. The Hall–Kier alpha value is -1.85. The molecule has 2 atom stereocenters. The summed E-state index contributed by atoms with van der Waals surface area (Å²) in [5.74, 6) is 1.59. The van der Waals surface area contributed by atoms with E-state index in [2.05, 4.69) is 20.8 Å². The van der Waals surface area contributed by atoms with Crippen molar-refractivity contribution in [1.82, 2.24) is 20.8 Å². The molecule has 1 aromatic rings. The molecule has 20 heavy (non-hydrogen) atoms. The van der Waals surface area contributed by atoms with Crippen LogP contribution in [0.15, 0.2) is 16.3 Å². The molecule has 1 aliphatic heterocycles. The van der Waals surface area contributed by atoms with Gasteiger partial charge < -0.3 is 15.2 Å². The Labute approximate surface area is 118 Å². The zero-order chi connectivity index (χ0) is 13.9. The van der Waals surface area contributed by atoms with Gasteiger partial charge in [-0.2, -0.15) is 4.98 Å². The van der Waals surface area contributed by atoms with Crippen LogP contribution < -0.4 is 10.6 Å². The van der Waals surface area contributed by atoms with Crippen LogP contribution in [0.2, 0.25) is 0 Å². The van der Waals surface area contributed by atoms with Crippen LogP contribution in [0, 0.1) is 12.8 Å². The van der Waals surface area contributed by atoms with Crippen LogP contribution in [0.1, 0.15) is 43.8 Å². The molecule has 0 spiro atoms. The first kappa shape index (κ1) is 13.1. The van der Waals surface area contributed by atoms with Gasteiger partial charge in [-0.3, -0.25) is 4.79 Å². The van der Waals surface area contributed by atoms with E-state index in [1.54, 1.807) is 6.92 Å². The topological polar surface area (TPSA) is 80.0 Å². The second-order valence-corrected chi connectivity index (χ2v) is 5.57. The third-order valence-corrected chi connectivity index (χ3v) is 4.10. The van der Waals surface area contributed by atoms with E-state index < -0.39 is 0 Å². The van der Waals surface area contributed by atoms with Crippen molar-refractivity contribution in [2.24, 2.45) is 5.92 Å². The van der Waals surface area contributed by atoms with Crippen molar-refractivity contribution < 1.29 is 9.32 Å². The lowest BCUT2D eigenvalue weighted by atomic mass is 9.81. The smallest absolute Gasteiger partial charge is 0.246 e. The Morgan fingerprint density at radius 3 is 3.15 bits per heavy atom. The van der Waals surface area contributed by atoms with Gasteiger partial charge in [0, 0.05) is 18.4 Å². The molecule has 0 aromatic carbocycles. The summed E-state index contributed by atoms with van der Waals surface area (Å²) < 4.78 is 4.97. The number of hydrogen-bond acceptors (Lipinski definition) is 5. The van der Waals surface area contributed by atoms with E-state index in [1.165, 1.54) is 31.3 Å². The van der Waals surface area contributed by atoms with Gasteiger partial charge in [-0.15, -0.1) is 0 Å². The number of nitrogens with zero attached hydrogens (tertiary/aromatic N) is 2. The van der Waals surface area contributed by atoms with Gasteiger partial charge in [0.25, 0.3) is 0 Å². The zero-order valence-corrected chi connectivity index (χ0v) is 11.7. The molecule has 1 aliphatic carbocycles. The summed E-state index contributed by atoms with van der Waals surface area (Å²) in [6.07, 6.45) is 7.46. The van der Waals surface area contributed by atoms with Gasteiger partial charge in [0.05, 0.1) is 6.54 Å². The molecule has 6 heteroatoms. The molecular formula is C14H20N4O2. The van der Waals surface area contributed by atoms with E-state index in [0.717, 1.165) is 0 Å². The maximum Gasteiger partial charge on any atom is 0.246 e. The third kappa shape index (κ3) is 2.84. The lowest BCUT2D eigenvalue weighted by Crippen LogP contribution is -2.31. The number of hydrogen-bond donors (Lipinski definition) is 2. The van der Waals surface area contributed by atoms with Crippen molar-refractivity contribution in [2.45, 2.75) is 51.6 Å². The van der Waals surface area contributed by atoms with E-state index in [-0.39, 0.29) is 5.91 Å². The average molecular weight is 276 g/mol. The largest absolute Gasteiger partial charge is 0.388 e. The first-order chi connectivity index (χ1) is 9.72. The van der Waals surface area contributed by atoms with E-state index in [0.29, 0.717) is 36.6 Å². The summed E-state index contributed by atoms with van der Waals surface area (Å²) in [5, 5.41) is 9.93. The molecule has 2 N–H and O–H groups in total. The summed E-state index contributed by atoms with van der Waals surface area (Å²) in [4.78, 5) is 16.0. The minimum atomic E-state index is 0.0140. The number of rotatable bonds is 4. The van der Waals surface area contributed by atoms with Crippen molar-refractivity contribution >= 4 is 5.91 Å². The molecule has 2 aliphatic rings. The Bertz CT molecular complexity index is 523. The highest BCUT2D eigenvalue weighted by Gasteiger charge is 2.32. The third-order valence-electron chi connectivity index (χ3n) is 4.10. The molecule has 108 valence electrons. The lowest BCUT2D eigenvalue weighted by molar-refractivity contribution is -0.120. The second-order valence-electron chi connectivity index (χ2n) is 5.57. The minimum Gasteiger partial charge on any atom is -0.388 e. The quantitative estimate of drug-likeness (QED) is 0.869. The van der Waals surface area contributed by atoms with Crippen LogP contribution in [-0.4, -0.2) is 22.1 Å². The summed E-state index contributed by atoms with van der Waals surface area (Å²) in [5.41, 5.74) is 1.23. The van der Waals surface area contributed by atoms with Crippen LogP contribution in [0.4, 0.5) is 0 Å². The predicted molar refractivity (Wildman–Crippen MR) is 72.5 cm³/mol. The first-order valence-corrected chi connectivity index (χ1v) is 7.23. The lowest BCUT2D eigenvalue weighted by Gasteiger charge is -2.27. The van der Waals surface area contributed by atoms with Crippen LogP contribution in [0.5, 0.6) is 0 Å². The molecule has 2 heterocycles. The molecule has 1 amide bonds. The van der Waals surface area contributed by atoms with Crippen LogP contribution in [0.3, 0.4) is 0 Å². The van der Waals surface area contributed by atoms with Crippen LogP contribution in [0.25, 0.3) is 0 Å². The second kappa shape index (κ2) is 5.64. The van der Waals surface area contributed by atoms with E-state index >= 15 is 0 Å². The Balaban J connectivity index is 1.49. The summed E-state index contributed by atoms with van der Waals surface area (Å²) in [7, 11) is 0. The molecule has 6 nitrogen and oxygen atoms in total. The highest BCUT2D eigenvalue weighted by atomic mass is 16.5. The van der Waals surface area contributed by atoms with Crippen molar-refractivity contribution in [3.8, 4) is 0 Å². The summed E-state index contributed by atoms with van der Waals surface area (Å²) in [6.45, 7) is 2.06. The molecule has 1 saturated carbocycles. The summed E-state index contributed by atoms with van der Waals surface area (Å²) >= 11 is 0. The van der Waals surface area contributed by atoms with Gasteiger partial charge in [0.1, 0.15) is 0 Å². The van der Waals surface area contributed by atoms with E-state index in [1.807, 2.05) is 6.20 Å². The van der Waals surface area contributed by atoms with Crippen molar-refractivity contribution in [2.75, 3.05) is 0 Å². The molecule has 0 radical (unpaired) electrons. The fraction of sp³-hybridized carbons (Fsp3) is 0.643. The number of amides is 1. The van der Waals surface area contributed by atoms with Gasteiger partial charge >= 0.3 is 0 Å². The number of fused-ring (bicyclic) bond motifs is 1. The Kier molecular flexibility index (Phi) is 3.71. The van der Waals surface area contributed by atoms with Gasteiger partial charge in [-0.1, -0.05) is 18.0 Å². The van der Waals surface area contributed by atoms with E-state index in [9.17, 15) is 4.79 Å². The van der Waals surface area contributed by atoms with Crippen LogP contribution in [-0.2, 0) is 11.3 Å². The number of aromatic nitrogens is 2. The molecule has 0 bridgehead atoms. The minimum absolute atomic E-state index is 0.0140. The maximum atomic E-state index is 12.0. The fourth-order valence-corrected chi connectivity index (χ4v) is 3.11. The van der Waals surface area contributed by atoms with Gasteiger partial charge in [-0.05, 0) is 31.5 Å². The summed E-state index contributed by atoms with van der Waals surface area (Å²) in [6, 6.07) is 0.546. The normalized spacial score (nSPS) is 24.8. The maximum absolute atomic E-state index is 12.0. The molecular weight excluding hydrogens is 256 g/mol. The number of carbonyl (C=O) groups excluding carboxylic acids is 1. The highest BCUT2D eigenvalue weighted by Crippen LogP contribution is 2.35. The van der Waals surface area contributed by atoms with Gasteiger partial charge in [0.15, 0.2) is 5.82 Å². The fourth-order valence-electron chi connectivity index (χ4n) is 3.11. The molecule has 1 fully saturated rings. The van der Waals surface area contributed by atoms with Crippen molar-refractivity contribution in [3.63, 3.8) is 0 Å². The van der Waals surface area contributed by atoms with Crippen molar-refractivity contribution in [1.29, 1.82) is 0 Å². The van der Waals surface area contributed by atoms with E-state index in [4.69, 9.17) is 4.52 Å².